The van der Waals surface area contributed by atoms with Crippen LogP contribution in [0.3, 0.4) is 0 Å². The van der Waals surface area contributed by atoms with E-state index >= 15 is 0 Å². The third-order valence-corrected chi connectivity index (χ3v) is 3.35. The van der Waals surface area contributed by atoms with Crippen LogP contribution < -0.4 is 10.6 Å². The zero-order valence-corrected chi connectivity index (χ0v) is 10.3. The summed E-state index contributed by atoms with van der Waals surface area (Å²) in [6, 6.07) is 0.491. The molecule has 1 fully saturated rings. The maximum absolute atomic E-state index is 5.55. The Labute approximate surface area is 97.9 Å². The van der Waals surface area contributed by atoms with Gasteiger partial charge in [0.2, 0.25) is 0 Å². The number of nitrogens with one attached hydrogen (secondary N) is 2. The SMILES string of the molecule is CC1CN=C(NCCC2CCOC(C)C2)N1. The third-order valence-electron chi connectivity index (χ3n) is 3.35. The number of rotatable bonds is 3. The Balaban J connectivity index is 1.61. The Morgan fingerprint density at radius 3 is 3.06 bits per heavy atom. The highest BCUT2D eigenvalue weighted by Gasteiger charge is 2.19. The van der Waals surface area contributed by atoms with E-state index in [2.05, 4.69) is 29.5 Å². The van der Waals surface area contributed by atoms with Gasteiger partial charge in [-0.1, -0.05) is 0 Å². The Morgan fingerprint density at radius 2 is 2.38 bits per heavy atom. The van der Waals surface area contributed by atoms with E-state index in [-0.39, 0.29) is 0 Å². The fraction of sp³-hybridized carbons (Fsp3) is 0.917. The number of ether oxygens (including phenoxy) is 1. The quantitative estimate of drug-likeness (QED) is 0.757. The number of nitrogens with zero attached hydrogens (tertiary/aromatic N) is 1. The molecule has 0 amide bonds. The molecule has 92 valence electrons. The van der Waals surface area contributed by atoms with Gasteiger partial charge in [-0.2, -0.15) is 0 Å². The van der Waals surface area contributed by atoms with Gasteiger partial charge in [0.15, 0.2) is 5.96 Å². The van der Waals surface area contributed by atoms with E-state index in [1.807, 2.05) is 0 Å². The molecule has 2 aliphatic rings. The maximum atomic E-state index is 5.55. The summed E-state index contributed by atoms with van der Waals surface area (Å²) in [6.07, 6.45) is 4.09. The molecule has 1 saturated heterocycles. The van der Waals surface area contributed by atoms with E-state index in [1.54, 1.807) is 0 Å². The summed E-state index contributed by atoms with van der Waals surface area (Å²) < 4.78 is 5.55. The van der Waals surface area contributed by atoms with Crippen molar-refractivity contribution in [2.45, 2.75) is 45.3 Å². The first kappa shape index (κ1) is 11.7. The molecule has 0 aliphatic carbocycles. The minimum absolute atomic E-state index is 0.445. The second-order valence-electron chi connectivity index (χ2n) is 5.02. The molecule has 0 bridgehead atoms. The second-order valence-corrected chi connectivity index (χ2v) is 5.02. The average Bonchev–Trinajstić information content (AvgIpc) is 2.64. The van der Waals surface area contributed by atoms with E-state index in [1.165, 1.54) is 19.3 Å². The molecule has 16 heavy (non-hydrogen) atoms. The molecule has 2 N–H and O–H groups in total. The maximum Gasteiger partial charge on any atom is 0.191 e. The van der Waals surface area contributed by atoms with Crippen molar-refractivity contribution in [1.82, 2.24) is 10.6 Å². The molecule has 2 aliphatic heterocycles. The zero-order valence-electron chi connectivity index (χ0n) is 10.3. The van der Waals surface area contributed by atoms with Crippen LogP contribution in [0.5, 0.6) is 0 Å². The van der Waals surface area contributed by atoms with Gasteiger partial charge in [0.05, 0.1) is 12.6 Å². The monoisotopic (exact) mass is 225 g/mol. The number of hydrogen-bond donors (Lipinski definition) is 2. The van der Waals surface area contributed by atoms with Gasteiger partial charge < -0.3 is 15.4 Å². The zero-order chi connectivity index (χ0) is 11.4. The summed E-state index contributed by atoms with van der Waals surface area (Å²) in [5.41, 5.74) is 0. The lowest BCUT2D eigenvalue weighted by Gasteiger charge is -2.27. The molecule has 0 aromatic rings. The van der Waals surface area contributed by atoms with Gasteiger partial charge in [-0.25, -0.2) is 0 Å². The van der Waals surface area contributed by atoms with E-state index in [0.29, 0.717) is 12.1 Å². The lowest BCUT2D eigenvalue weighted by molar-refractivity contribution is 0.00123. The van der Waals surface area contributed by atoms with Crippen molar-refractivity contribution in [3.8, 4) is 0 Å². The molecule has 0 saturated carbocycles. The van der Waals surface area contributed by atoms with Gasteiger partial charge >= 0.3 is 0 Å². The Bertz CT molecular complexity index is 255. The summed E-state index contributed by atoms with van der Waals surface area (Å²) in [6.45, 7) is 7.18. The van der Waals surface area contributed by atoms with Crippen molar-refractivity contribution in [3.05, 3.63) is 0 Å². The van der Waals surface area contributed by atoms with Crippen LogP contribution in [0.25, 0.3) is 0 Å². The second kappa shape index (κ2) is 5.53. The van der Waals surface area contributed by atoms with Crippen LogP contribution >= 0.6 is 0 Å². The minimum atomic E-state index is 0.445. The standard InChI is InChI=1S/C12H23N3O/c1-9-8-14-12(15-9)13-5-3-11-4-6-16-10(2)7-11/h9-11H,3-8H2,1-2H3,(H2,13,14,15). The topological polar surface area (TPSA) is 45.7 Å². The molecule has 3 atom stereocenters. The van der Waals surface area contributed by atoms with Gasteiger partial charge in [0, 0.05) is 19.2 Å². The highest BCUT2D eigenvalue weighted by Crippen LogP contribution is 2.22. The molecular weight excluding hydrogens is 202 g/mol. The van der Waals surface area contributed by atoms with E-state index in [4.69, 9.17) is 4.74 Å². The largest absolute Gasteiger partial charge is 0.378 e. The van der Waals surface area contributed by atoms with Crippen LogP contribution in [0.15, 0.2) is 4.99 Å². The first-order chi connectivity index (χ1) is 7.74. The van der Waals surface area contributed by atoms with E-state index < -0.39 is 0 Å². The summed E-state index contributed by atoms with van der Waals surface area (Å²) in [4.78, 5) is 4.38. The number of hydrogen-bond acceptors (Lipinski definition) is 4. The summed E-state index contributed by atoms with van der Waals surface area (Å²) in [5, 5.41) is 6.69. The van der Waals surface area contributed by atoms with Crippen molar-refractivity contribution in [2.24, 2.45) is 10.9 Å². The third kappa shape index (κ3) is 3.37. The Kier molecular flexibility index (Phi) is 4.04. The average molecular weight is 225 g/mol. The molecule has 0 radical (unpaired) electrons. The van der Waals surface area contributed by atoms with Crippen LogP contribution in [-0.2, 0) is 4.74 Å². The van der Waals surface area contributed by atoms with Crippen molar-refractivity contribution in [2.75, 3.05) is 19.7 Å². The van der Waals surface area contributed by atoms with Gasteiger partial charge in [-0.3, -0.25) is 4.99 Å². The molecular formula is C12H23N3O. The molecule has 2 rings (SSSR count). The lowest BCUT2D eigenvalue weighted by Crippen LogP contribution is -2.38. The minimum Gasteiger partial charge on any atom is -0.378 e. The highest BCUT2D eigenvalue weighted by atomic mass is 16.5. The van der Waals surface area contributed by atoms with Gasteiger partial charge in [-0.15, -0.1) is 0 Å². The summed E-state index contributed by atoms with van der Waals surface area (Å²) >= 11 is 0. The van der Waals surface area contributed by atoms with Gasteiger partial charge in [-0.05, 0) is 39.0 Å². The van der Waals surface area contributed by atoms with Crippen LogP contribution in [0.2, 0.25) is 0 Å². The van der Waals surface area contributed by atoms with E-state index in [9.17, 15) is 0 Å². The fourth-order valence-corrected chi connectivity index (χ4v) is 2.41. The Hall–Kier alpha value is -0.770. The first-order valence-corrected chi connectivity index (χ1v) is 6.40. The van der Waals surface area contributed by atoms with Gasteiger partial charge in [0.1, 0.15) is 0 Å². The van der Waals surface area contributed by atoms with Gasteiger partial charge in [0.25, 0.3) is 0 Å². The normalized spacial score (nSPS) is 34.4. The molecule has 2 heterocycles. The number of aliphatic imine (C=N–C) groups is 1. The lowest BCUT2D eigenvalue weighted by atomic mass is 9.93. The molecule has 4 nitrogen and oxygen atoms in total. The molecule has 0 aromatic heterocycles. The molecule has 0 aromatic carbocycles. The van der Waals surface area contributed by atoms with Crippen LogP contribution in [-0.4, -0.2) is 37.8 Å². The van der Waals surface area contributed by atoms with Crippen LogP contribution in [0.4, 0.5) is 0 Å². The van der Waals surface area contributed by atoms with Crippen molar-refractivity contribution >= 4 is 5.96 Å². The summed E-state index contributed by atoms with van der Waals surface area (Å²) in [5.74, 6) is 1.79. The first-order valence-electron chi connectivity index (χ1n) is 6.40. The van der Waals surface area contributed by atoms with Crippen molar-refractivity contribution in [3.63, 3.8) is 0 Å². The predicted octanol–water partition coefficient (Wildman–Crippen LogP) is 1.13. The fourth-order valence-electron chi connectivity index (χ4n) is 2.41. The van der Waals surface area contributed by atoms with Crippen molar-refractivity contribution in [1.29, 1.82) is 0 Å². The molecule has 3 unspecified atom stereocenters. The highest BCUT2D eigenvalue weighted by molar-refractivity contribution is 5.81. The smallest absolute Gasteiger partial charge is 0.191 e. The van der Waals surface area contributed by atoms with Crippen molar-refractivity contribution < 1.29 is 4.74 Å². The number of guanidine groups is 1. The van der Waals surface area contributed by atoms with Crippen LogP contribution in [0, 0.1) is 5.92 Å². The summed E-state index contributed by atoms with van der Waals surface area (Å²) in [7, 11) is 0. The van der Waals surface area contributed by atoms with Crippen LogP contribution in [0.1, 0.15) is 33.1 Å². The predicted molar refractivity (Wildman–Crippen MR) is 65.7 cm³/mol. The molecule has 0 spiro atoms. The Morgan fingerprint density at radius 1 is 1.50 bits per heavy atom. The van der Waals surface area contributed by atoms with E-state index in [0.717, 1.165) is 31.6 Å². The molecule has 4 heteroatoms.